The first-order valence-corrected chi connectivity index (χ1v) is 12.2. The first kappa shape index (κ1) is 23.5. The number of halogens is 1. The molecule has 2 aromatic rings. The normalized spacial score (nSPS) is 26.9. The van der Waals surface area contributed by atoms with E-state index < -0.39 is 47.0 Å². The molecular formula is C26H27ClN4O4. The van der Waals surface area contributed by atoms with Gasteiger partial charge >= 0.3 is 0 Å². The van der Waals surface area contributed by atoms with Crippen molar-refractivity contribution in [2.24, 2.45) is 17.6 Å². The lowest BCUT2D eigenvalue weighted by Crippen LogP contribution is -2.53. The Morgan fingerprint density at radius 1 is 1.11 bits per heavy atom. The molecule has 4 atom stereocenters. The molecule has 35 heavy (non-hydrogen) atoms. The highest BCUT2D eigenvalue weighted by Crippen LogP contribution is 2.55. The molecule has 0 aromatic heterocycles. The van der Waals surface area contributed by atoms with Crippen molar-refractivity contribution in [1.29, 1.82) is 0 Å². The summed E-state index contributed by atoms with van der Waals surface area (Å²) in [6.07, 6.45) is 2.85. The highest BCUT2D eigenvalue weighted by atomic mass is 35.5. The number of primary amides is 1. The molecule has 1 spiro atoms. The second-order valence-corrected chi connectivity index (χ2v) is 9.97. The van der Waals surface area contributed by atoms with Gasteiger partial charge in [0.25, 0.3) is 0 Å². The Morgan fingerprint density at radius 2 is 1.83 bits per heavy atom. The van der Waals surface area contributed by atoms with Gasteiger partial charge in [0.2, 0.25) is 23.6 Å². The van der Waals surface area contributed by atoms with Gasteiger partial charge < -0.3 is 11.1 Å². The Hall–Kier alpha value is -3.23. The van der Waals surface area contributed by atoms with Gasteiger partial charge in [-0.1, -0.05) is 43.1 Å². The van der Waals surface area contributed by atoms with E-state index in [9.17, 15) is 19.2 Å². The maximum Gasteiger partial charge on any atom is 0.250 e. The lowest BCUT2D eigenvalue weighted by molar-refractivity contribution is -0.130. The Kier molecular flexibility index (Phi) is 5.68. The molecule has 2 saturated heterocycles. The Balaban J connectivity index is 1.60. The van der Waals surface area contributed by atoms with Crippen LogP contribution in [0.4, 0.5) is 11.4 Å². The largest absolute Gasteiger partial charge is 0.370 e. The average molecular weight is 495 g/mol. The topological polar surface area (TPSA) is 122 Å². The fourth-order valence-corrected chi connectivity index (χ4v) is 5.99. The molecule has 5 rings (SSSR count). The number of anilines is 2. The van der Waals surface area contributed by atoms with Gasteiger partial charge in [0.1, 0.15) is 5.54 Å². The molecule has 4 N–H and O–H groups in total. The number of amides is 4. The van der Waals surface area contributed by atoms with Crippen LogP contribution in [0.2, 0.25) is 5.02 Å². The molecule has 0 aliphatic carbocycles. The Labute approximate surface area is 208 Å². The number of hydrogen-bond acceptors (Lipinski definition) is 5. The van der Waals surface area contributed by atoms with Gasteiger partial charge in [-0.05, 0) is 49.1 Å². The second-order valence-electron chi connectivity index (χ2n) is 9.56. The maximum absolute atomic E-state index is 13.9. The van der Waals surface area contributed by atoms with Crippen molar-refractivity contribution in [3.63, 3.8) is 0 Å². The number of benzene rings is 2. The lowest BCUT2D eigenvalue weighted by Gasteiger charge is -2.29. The van der Waals surface area contributed by atoms with Gasteiger partial charge in [-0.3, -0.25) is 24.5 Å². The molecule has 9 heteroatoms. The molecule has 0 radical (unpaired) electrons. The van der Waals surface area contributed by atoms with E-state index in [1.54, 1.807) is 31.2 Å². The molecule has 3 aliphatic heterocycles. The molecule has 3 aliphatic rings. The monoisotopic (exact) mass is 494 g/mol. The van der Waals surface area contributed by atoms with Crippen LogP contribution in [0.5, 0.6) is 0 Å². The average Bonchev–Trinajstić information content (AvgIpc) is 3.40. The highest BCUT2D eigenvalue weighted by molar-refractivity contribution is 6.32. The van der Waals surface area contributed by atoms with Gasteiger partial charge in [-0.2, -0.15) is 0 Å². The number of aryl methyl sites for hydroxylation is 1. The summed E-state index contributed by atoms with van der Waals surface area (Å²) in [6, 6.07) is 9.95. The van der Waals surface area contributed by atoms with Crippen LogP contribution in [0.1, 0.15) is 42.9 Å². The molecule has 4 amide bonds. The van der Waals surface area contributed by atoms with Gasteiger partial charge in [0, 0.05) is 23.0 Å². The number of carbonyl (C=O) groups excluding carboxylic acids is 4. The van der Waals surface area contributed by atoms with Crippen LogP contribution in [0.25, 0.3) is 0 Å². The van der Waals surface area contributed by atoms with Gasteiger partial charge in [-0.25, -0.2) is 4.90 Å². The van der Waals surface area contributed by atoms with Crippen LogP contribution in [0, 0.1) is 18.8 Å². The standard InChI is InChI=1S/C26H27ClN4O4/c1-3-4-5-14-6-8-15(9-7-14)31-23(33)20-18(12-19(28)32)30-26(21(20)24(31)34)16-10-11-17(27)13(2)22(16)29-25(26)35/h6-11,18,20-21,30H,3-5,12H2,1-2H3,(H2,28,32)(H,29,35). The summed E-state index contributed by atoms with van der Waals surface area (Å²) >= 11 is 6.28. The van der Waals surface area contributed by atoms with Crippen molar-refractivity contribution in [1.82, 2.24) is 5.32 Å². The molecule has 3 heterocycles. The van der Waals surface area contributed by atoms with Gasteiger partial charge in [0.15, 0.2) is 0 Å². The number of nitrogens with one attached hydrogen (secondary N) is 2. The smallest absolute Gasteiger partial charge is 0.250 e. The quantitative estimate of drug-likeness (QED) is 0.533. The minimum Gasteiger partial charge on any atom is -0.370 e. The van der Waals surface area contributed by atoms with Gasteiger partial charge in [0.05, 0.1) is 23.2 Å². The van der Waals surface area contributed by atoms with Crippen molar-refractivity contribution in [2.75, 3.05) is 10.2 Å². The molecule has 8 nitrogen and oxygen atoms in total. The van der Waals surface area contributed by atoms with Crippen molar-refractivity contribution in [3.8, 4) is 0 Å². The molecule has 2 fully saturated rings. The zero-order chi connectivity index (χ0) is 25.1. The number of fused-ring (bicyclic) bond motifs is 4. The predicted octanol–water partition coefficient (Wildman–Crippen LogP) is 2.79. The number of nitrogens with zero attached hydrogens (tertiary/aromatic N) is 1. The number of carbonyl (C=O) groups is 4. The van der Waals surface area contributed by atoms with E-state index in [4.69, 9.17) is 17.3 Å². The third-order valence-electron chi connectivity index (χ3n) is 7.52. The first-order chi connectivity index (χ1) is 16.7. The Bertz CT molecular complexity index is 1260. The fraction of sp³-hybridized carbons (Fsp3) is 0.385. The number of hydrogen-bond donors (Lipinski definition) is 3. The van der Waals surface area contributed by atoms with Crippen LogP contribution < -0.4 is 21.3 Å². The number of rotatable bonds is 6. The molecule has 4 unspecified atom stereocenters. The second kappa shape index (κ2) is 8.46. The predicted molar refractivity (Wildman–Crippen MR) is 132 cm³/mol. The van der Waals surface area contributed by atoms with Crippen LogP contribution in [0.15, 0.2) is 36.4 Å². The van der Waals surface area contributed by atoms with E-state index in [0.717, 1.165) is 29.7 Å². The third kappa shape index (κ3) is 3.38. The minimum atomic E-state index is -1.50. The zero-order valence-corrected chi connectivity index (χ0v) is 20.3. The summed E-state index contributed by atoms with van der Waals surface area (Å²) < 4.78 is 0. The van der Waals surface area contributed by atoms with Crippen molar-refractivity contribution in [3.05, 3.63) is 58.1 Å². The van der Waals surface area contributed by atoms with Crippen LogP contribution >= 0.6 is 11.6 Å². The van der Waals surface area contributed by atoms with Crippen LogP contribution in [0.3, 0.4) is 0 Å². The van der Waals surface area contributed by atoms with E-state index in [1.165, 1.54) is 0 Å². The zero-order valence-electron chi connectivity index (χ0n) is 19.6. The Morgan fingerprint density at radius 3 is 2.49 bits per heavy atom. The molecule has 182 valence electrons. The maximum atomic E-state index is 13.9. The SMILES string of the molecule is CCCCc1ccc(N2C(=O)C3C(CC(N)=O)NC4(C(=O)Nc5c4ccc(Cl)c5C)C3C2=O)cc1. The summed E-state index contributed by atoms with van der Waals surface area (Å²) in [6.45, 7) is 3.90. The summed E-state index contributed by atoms with van der Waals surface area (Å²) in [5.74, 6) is -3.93. The van der Waals surface area contributed by atoms with Crippen LogP contribution in [-0.2, 0) is 31.1 Å². The van der Waals surface area contributed by atoms with E-state index in [-0.39, 0.29) is 6.42 Å². The summed E-state index contributed by atoms with van der Waals surface area (Å²) in [5, 5.41) is 6.53. The van der Waals surface area contributed by atoms with Gasteiger partial charge in [-0.15, -0.1) is 0 Å². The van der Waals surface area contributed by atoms with E-state index in [0.29, 0.717) is 27.5 Å². The molecule has 0 saturated carbocycles. The van der Waals surface area contributed by atoms with Crippen molar-refractivity contribution in [2.45, 2.75) is 51.1 Å². The third-order valence-corrected chi connectivity index (χ3v) is 7.93. The van der Waals surface area contributed by atoms with E-state index >= 15 is 0 Å². The summed E-state index contributed by atoms with van der Waals surface area (Å²) in [5.41, 5.74) is 7.30. The van der Waals surface area contributed by atoms with E-state index in [1.807, 2.05) is 12.1 Å². The molecule has 0 bridgehead atoms. The number of unbranched alkanes of at least 4 members (excludes halogenated alkanes) is 1. The minimum absolute atomic E-state index is 0.180. The summed E-state index contributed by atoms with van der Waals surface area (Å²) in [7, 11) is 0. The summed E-state index contributed by atoms with van der Waals surface area (Å²) in [4.78, 5) is 54.1. The number of imide groups is 1. The van der Waals surface area contributed by atoms with Crippen molar-refractivity contribution >= 4 is 46.6 Å². The highest BCUT2D eigenvalue weighted by Gasteiger charge is 2.70. The van der Waals surface area contributed by atoms with Crippen molar-refractivity contribution < 1.29 is 19.2 Å². The fourth-order valence-electron chi connectivity index (χ4n) is 5.83. The van der Waals surface area contributed by atoms with Crippen LogP contribution in [-0.4, -0.2) is 29.7 Å². The molecular weight excluding hydrogens is 468 g/mol. The number of nitrogens with two attached hydrogens (primary N) is 1. The molecule has 2 aromatic carbocycles. The lowest BCUT2D eigenvalue weighted by atomic mass is 9.76. The first-order valence-electron chi connectivity index (χ1n) is 11.8. The van der Waals surface area contributed by atoms with E-state index in [2.05, 4.69) is 17.6 Å².